The van der Waals surface area contributed by atoms with Gasteiger partial charge in [0.25, 0.3) is 11.8 Å². The van der Waals surface area contributed by atoms with E-state index in [2.05, 4.69) is 5.32 Å². The van der Waals surface area contributed by atoms with E-state index in [-0.39, 0.29) is 24.0 Å². The third-order valence-electron chi connectivity index (χ3n) is 6.93. The van der Waals surface area contributed by atoms with Crippen LogP contribution in [0, 0.1) is 11.8 Å². The molecule has 0 radical (unpaired) electrons. The van der Waals surface area contributed by atoms with Gasteiger partial charge in [-0.15, -0.1) is 0 Å². The maximum absolute atomic E-state index is 13.0. The molecule has 2 fully saturated rings. The largest absolute Gasteiger partial charge is 0.396 e. The minimum absolute atomic E-state index is 0.0240. The zero-order valence-electron chi connectivity index (χ0n) is 18.2. The molecule has 4 rings (SSSR count). The minimum atomic E-state index is -0.174. The fraction of sp³-hybridized carbons (Fsp3) is 0.462. The summed E-state index contributed by atoms with van der Waals surface area (Å²) in [6.45, 7) is 0.692. The summed E-state index contributed by atoms with van der Waals surface area (Å²) in [6, 6.07) is 16.8. The number of aliphatic hydroxyl groups excluding tert-OH is 1. The molecule has 0 spiro atoms. The predicted octanol–water partition coefficient (Wildman–Crippen LogP) is 4.02. The fourth-order valence-electron chi connectivity index (χ4n) is 5.50. The molecule has 2 N–H and O–H groups in total. The molecule has 2 aliphatic carbocycles. The first-order chi connectivity index (χ1) is 15.0. The lowest BCUT2D eigenvalue weighted by Crippen LogP contribution is -2.55. The number of rotatable bonds is 6. The quantitative estimate of drug-likeness (QED) is 0.742. The van der Waals surface area contributed by atoms with Gasteiger partial charge in [-0.3, -0.25) is 9.59 Å². The second-order valence-corrected chi connectivity index (χ2v) is 9.41. The maximum Gasteiger partial charge on any atom is 0.253 e. The average Bonchev–Trinajstić information content (AvgIpc) is 2.79. The Morgan fingerprint density at radius 2 is 1.81 bits per heavy atom. The summed E-state index contributed by atoms with van der Waals surface area (Å²) in [5.41, 5.74) is 2.12. The number of carbonyl (C=O) groups is 2. The van der Waals surface area contributed by atoms with E-state index in [1.165, 1.54) is 6.42 Å². The molecule has 2 aromatic rings. The summed E-state index contributed by atoms with van der Waals surface area (Å²) in [4.78, 5) is 27.2. The third-order valence-corrected chi connectivity index (χ3v) is 6.93. The van der Waals surface area contributed by atoms with Gasteiger partial charge in [-0.05, 0) is 67.3 Å². The summed E-state index contributed by atoms with van der Waals surface area (Å²) < 4.78 is 0. The fourth-order valence-corrected chi connectivity index (χ4v) is 5.50. The van der Waals surface area contributed by atoms with Gasteiger partial charge in [0.1, 0.15) is 0 Å². The van der Waals surface area contributed by atoms with Crippen molar-refractivity contribution >= 4 is 11.8 Å². The van der Waals surface area contributed by atoms with Crippen molar-refractivity contribution in [2.24, 2.45) is 11.8 Å². The van der Waals surface area contributed by atoms with Crippen LogP contribution >= 0.6 is 0 Å². The molecule has 2 saturated carbocycles. The number of hydrogen-bond donors (Lipinski definition) is 2. The van der Waals surface area contributed by atoms with Crippen LogP contribution < -0.4 is 5.32 Å². The molecule has 0 aromatic heterocycles. The van der Waals surface area contributed by atoms with Crippen molar-refractivity contribution < 1.29 is 14.7 Å². The second kappa shape index (κ2) is 9.23. The number of aliphatic hydroxyl groups is 1. The number of hydrogen-bond acceptors (Lipinski definition) is 3. The zero-order chi connectivity index (χ0) is 21.8. The van der Waals surface area contributed by atoms with Crippen molar-refractivity contribution in [1.29, 1.82) is 0 Å². The van der Waals surface area contributed by atoms with Crippen LogP contribution in [0.4, 0.5) is 0 Å². The topological polar surface area (TPSA) is 69.6 Å². The Bertz CT molecular complexity index is 912. The number of nitrogens with zero attached hydrogens (tertiary/aromatic N) is 1. The van der Waals surface area contributed by atoms with Crippen LogP contribution in [0.1, 0.15) is 64.8 Å². The lowest BCUT2D eigenvalue weighted by atomic mass is 9.63. The van der Waals surface area contributed by atoms with Gasteiger partial charge in [0.05, 0.1) is 0 Å². The predicted molar refractivity (Wildman–Crippen MR) is 121 cm³/mol. The number of fused-ring (bicyclic) bond motifs is 2. The van der Waals surface area contributed by atoms with Gasteiger partial charge in [-0.1, -0.05) is 43.2 Å². The summed E-state index contributed by atoms with van der Waals surface area (Å²) in [5, 5.41) is 13.0. The van der Waals surface area contributed by atoms with E-state index in [0.717, 1.165) is 37.7 Å². The third kappa shape index (κ3) is 4.99. The van der Waals surface area contributed by atoms with E-state index in [1.807, 2.05) is 54.6 Å². The lowest BCUT2D eigenvalue weighted by Gasteiger charge is -2.48. The van der Waals surface area contributed by atoms with Gasteiger partial charge in [0, 0.05) is 36.9 Å². The van der Waals surface area contributed by atoms with E-state index in [9.17, 15) is 14.7 Å². The van der Waals surface area contributed by atoms with Gasteiger partial charge >= 0.3 is 0 Å². The number of carbonyl (C=O) groups excluding carboxylic acids is 2. The summed E-state index contributed by atoms with van der Waals surface area (Å²) >= 11 is 0. The Labute approximate surface area is 184 Å². The molecular weight excluding hydrogens is 388 g/mol. The molecular formula is C26H32N2O3. The van der Waals surface area contributed by atoms with Crippen LogP contribution in [0.3, 0.4) is 0 Å². The van der Waals surface area contributed by atoms with Crippen LogP contribution in [0.15, 0.2) is 54.6 Å². The van der Waals surface area contributed by atoms with E-state index < -0.39 is 0 Å². The zero-order valence-corrected chi connectivity index (χ0v) is 18.2. The Morgan fingerprint density at radius 3 is 2.52 bits per heavy atom. The molecule has 2 bridgehead atoms. The Kier molecular flexibility index (Phi) is 6.42. The van der Waals surface area contributed by atoms with E-state index in [0.29, 0.717) is 29.5 Å². The smallest absolute Gasteiger partial charge is 0.253 e. The van der Waals surface area contributed by atoms with Crippen LogP contribution in [0.25, 0.3) is 0 Å². The van der Waals surface area contributed by atoms with Gasteiger partial charge < -0.3 is 15.3 Å². The minimum Gasteiger partial charge on any atom is -0.396 e. The maximum atomic E-state index is 13.0. The first kappa shape index (κ1) is 21.6. The molecule has 31 heavy (non-hydrogen) atoms. The van der Waals surface area contributed by atoms with Gasteiger partial charge in [-0.25, -0.2) is 0 Å². The van der Waals surface area contributed by atoms with Crippen LogP contribution in [-0.4, -0.2) is 41.0 Å². The van der Waals surface area contributed by atoms with Crippen LogP contribution in [-0.2, 0) is 6.54 Å². The number of benzene rings is 2. The molecule has 164 valence electrons. The molecule has 3 atom stereocenters. The monoisotopic (exact) mass is 420 g/mol. The average molecular weight is 421 g/mol. The highest BCUT2D eigenvalue weighted by Gasteiger charge is 2.43. The highest BCUT2D eigenvalue weighted by atomic mass is 16.3. The second-order valence-electron chi connectivity index (χ2n) is 9.41. The molecule has 0 aliphatic heterocycles. The Balaban J connectivity index is 1.38. The molecule has 2 amide bonds. The first-order valence-electron chi connectivity index (χ1n) is 11.3. The molecule has 0 heterocycles. The van der Waals surface area contributed by atoms with Crippen molar-refractivity contribution in [3.8, 4) is 0 Å². The lowest BCUT2D eigenvalue weighted by molar-refractivity contribution is 0.0443. The summed E-state index contributed by atoms with van der Waals surface area (Å²) in [7, 11) is 1.79. The Hall–Kier alpha value is -2.66. The highest BCUT2D eigenvalue weighted by Crippen LogP contribution is 2.45. The van der Waals surface area contributed by atoms with Crippen molar-refractivity contribution in [2.75, 3.05) is 13.7 Å². The molecule has 5 heteroatoms. The van der Waals surface area contributed by atoms with Crippen molar-refractivity contribution in [3.63, 3.8) is 0 Å². The van der Waals surface area contributed by atoms with Gasteiger partial charge in [0.2, 0.25) is 0 Å². The standard InChI is InChI=1S/C26H32N2O3/c1-28(25(31)23-7-3-2-4-8-23)17-19-9-11-22(12-10-19)24(30)27-26-13-5-6-20(15-26)14-21(16-26)18-29/h2-4,7-12,20-21,29H,5-6,13-18H2,1H3,(H,27,30). The molecule has 2 aliphatic rings. The molecule has 5 nitrogen and oxygen atoms in total. The normalized spacial score (nSPS) is 25.0. The summed E-state index contributed by atoms with van der Waals surface area (Å²) in [6.07, 6.45) is 6.33. The highest BCUT2D eigenvalue weighted by molar-refractivity contribution is 5.95. The summed E-state index contributed by atoms with van der Waals surface area (Å²) in [5.74, 6) is 0.836. The molecule has 2 aromatic carbocycles. The van der Waals surface area contributed by atoms with Crippen LogP contribution in [0.2, 0.25) is 0 Å². The van der Waals surface area contributed by atoms with E-state index >= 15 is 0 Å². The van der Waals surface area contributed by atoms with Gasteiger partial charge in [-0.2, -0.15) is 0 Å². The van der Waals surface area contributed by atoms with Crippen LogP contribution in [0.5, 0.6) is 0 Å². The molecule has 3 unspecified atom stereocenters. The van der Waals surface area contributed by atoms with Crippen molar-refractivity contribution in [2.45, 2.75) is 50.6 Å². The van der Waals surface area contributed by atoms with Gasteiger partial charge in [0.15, 0.2) is 0 Å². The SMILES string of the molecule is CN(Cc1ccc(C(=O)NC23CCCC(CC(CO)C2)C3)cc1)C(=O)c1ccccc1. The van der Waals surface area contributed by atoms with Crippen molar-refractivity contribution in [1.82, 2.24) is 10.2 Å². The number of nitrogens with one attached hydrogen (secondary N) is 1. The number of amides is 2. The Morgan fingerprint density at radius 1 is 1.06 bits per heavy atom. The van der Waals surface area contributed by atoms with E-state index in [4.69, 9.17) is 0 Å². The van der Waals surface area contributed by atoms with Crippen molar-refractivity contribution in [3.05, 3.63) is 71.3 Å². The first-order valence-corrected chi connectivity index (χ1v) is 11.3. The molecule has 0 saturated heterocycles. The van der Waals surface area contributed by atoms with E-state index in [1.54, 1.807) is 11.9 Å².